The summed E-state index contributed by atoms with van der Waals surface area (Å²) in [5.41, 5.74) is 0.526. The fraction of sp³-hybridized carbons (Fsp3) is 0.125. The van der Waals surface area contributed by atoms with Crippen molar-refractivity contribution in [2.75, 3.05) is 6.79 Å². The van der Waals surface area contributed by atoms with Crippen molar-refractivity contribution in [2.45, 2.75) is 6.54 Å². The molecule has 0 bridgehead atoms. The summed E-state index contributed by atoms with van der Waals surface area (Å²) in [6.07, 6.45) is 1.29. The molecule has 1 aromatic carbocycles. The summed E-state index contributed by atoms with van der Waals surface area (Å²) in [5, 5.41) is 10.5. The Morgan fingerprint density at radius 1 is 1.26 bits per heavy atom. The number of hydrogen-bond donors (Lipinski definition) is 0. The Balaban J connectivity index is 1.56. The van der Waals surface area contributed by atoms with Gasteiger partial charge in [-0.3, -0.25) is 24.6 Å². The SMILES string of the molecule is O=C1S/C(=C\c2ccc([N+](=O)[O-])o2)C(=O)N1Cc1cc2c(cc1Cl)OCO2. The van der Waals surface area contributed by atoms with Gasteiger partial charge >= 0.3 is 5.88 Å². The summed E-state index contributed by atoms with van der Waals surface area (Å²) in [4.78, 5) is 35.9. The van der Waals surface area contributed by atoms with Crippen molar-refractivity contribution in [1.82, 2.24) is 4.90 Å². The molecule has 0 unspecified atom stereocenters. The van der Waals surface area contributed by atoms with E-state index in [1.807, 2.05) is 0 Å². The summed E-state index contributed by atoms with van der Waals surface area (Å²) in [6.45, 7) is 0.0322. The van der Waals surface area contributed by atoms with E-state index < -0.39 is 22.0 Å². The highest BCUT2D eigenvalue weighted by Gasteiger charge is 2.36. The minimum Gasteiger partial charge on any atom is -0.454 e. The van der Waals surface area contributed by atoms with Crippen LogP contribution in [0.4, 0.5) is 10.7 Å². The number of amides is 2. The zero-order valence-corrected chi connectivity index (χ0v) is 14.9. The zero-order chi connectivity index (χ0) is 19.1. The number of carbonyl (C=O) groups excluding carboxylic acids is 2. The molecule has 3 heterocycles. The summed E-state index contributed by atoms with van der Waals surface area (Å²) in [5.74, 6) is 0.0933. The van der Waals surface area contributed by atoms with Gasteiger partial charge in [0, 0.05) is 17.2 Å². The quantitative estimate of drug-likeness (QED) is 0.426. The van der Waals surface area contributed by atoms with Gasteiger partial charge in [-0.2, -0.15) is 0 Å². The number of imide groups is 1. The topological polar surface area (TPSA) is 112 Å². The van der Waals surface area contributed by atoms with Crippen LogP contribution in [-0.4, -0.2) is 27.8 Å². The number of furan rings is 1. The van der Waals surface area contributed by atoms with E-state index in [0.29, 0.717) is 33.8 Å². The Morgan fingerprint density at radius 3 is 2.70 bits per heavy atom. The standard InChI is InChI=1S/C16H9ClN2O7S/c17-10-5-12-11(24-7-25-12)3-8(10)6-18-15(20)13(27-16(18)21)4-9-1-2-14(26-9)19(22)23/h1-5H,6-7H2/b13-4-. The number of ether oxygens (including phenoxy) is 2. The third-order valence-electron chi connectivity index (χ3n) is 3.81. The van der Waals surface area contributed by atoms with Gasteiger partial charge in [-0.1, -0.05) is 11.6 Å². The van der Waals surface area contributed by atoms with E-state index in [-0.39, 0.29) is 24.0 Å². The Kier molecular flexibility index (Phi) is 4.28. The van der Waals surface area contributed by atoms with Crippen LogP contribution in [0.2, 0.25) is 5.02 Å². The van der Waals surface area contributed by atoms with Crippen LogP contribution >= 0.6 is 23.4 Å². The predicted molar refractivity (Wildman–Crippen MR) is 94.5 cm³/mol. The molecule has 1 saturated heterocycles. The molecular weight excluding hydrogens is 400 g/mol. The lowest BCUT2D eigenvalue weighted by atomic mass is 10.2. The number of benzene rings is 1. The van der Waals surface area contributed by atoms with Gasteiger partial charge in [0.05, 0.1) is 17.5 Å². The number of halogens is 1. The highest BCUT2D eigenvalue weighted by atomic mass is 35.5. The summed E-state index contributed by atoms with van der Waals surface area (Å²) < 4.78 is 15.5. The molecule has 138 valence electrons. The lowest BCUT2D eigenvalue weighted by Gasteiger charge is -2.14. The average molecular weight is 409 g/mol. The van der Waals surface area contributed by atoms with Gasteiger partial charge in [0.25, 0.3) is 11.1 Å². The highest BCUT2D eigenvalue weighted by molar-refractivity contribution is 8.18. The number of nitrogens with zero attached hydrogens (tertiary/aromatic N) is 2. The molecule has 0 atom stereocenters. The van der Waals surface area contributed by atoms with E-state index in [2.05, 4.69) is 0 Å². The molecule has 0 aliphatic carbocycles. The minimum atomic E-state index is -0.690. The van der Waals surface area contributed by atoms with Crippen LogP contribution in [0, 0.1) is 10.1 Å². The first-order valence-electron chi connectivity index (χ1n) is 7.50. The molecule has 11 heteroatoms. The number of thioether (sulfide) groups is 1. The predicted octanol–water partition coefficient (Wildman–Crippen LogP) is 3.81. The number of rotatable bonds is 4. The van der Waals surface area contributed by atoms with Crippen molar-refractivity contribution in [2.24, 2.45) is 0 Å². The summed E-state index contributed by atoms with van der Waals surface area (Å²) in [7, 11) is 0. The Bertz CT molecular complexity index is 1020. The second-order valence-electron chi connectivity index (χ2n) is 5.50. The third kappa shape index (κ3) is 3.24. The molecule has 2 aromatic rings. The molecule has 27 heavy (non-hydrogen) atoms. The van der Waals surface area contributed by atoms with Crippen molar-refractivity contribution < 1.29 is 28.4 Å². The zero-order valence-electron chi connectivity index (χ0n) is 13.3. The molecular formula is C16H9ClN2O7S. The van der Waals surface area contributed by atoms with Crippen molar-refractivity contribution in [3.05, 3.63) is 55.6 Å². The largest absolute Gasteiger partial charge is 0.454 e. The maximum atomic E-state index is 12.6. The number of fused-ring (bicyclic) bond motifs is 1. The van der Waals surface area contributed by atoms with Crippen LogP contribution in [0.15, 0.2) is 33.6 Å². The Labute approximate surface area is 160 Å². The molecule has 0 radical (unpaired) electrons. The molecule has 1 aromatic heterocycles. The highest BCUT2D eigenvalue weighted by Crippen LogP contribution is 2.39. The van der Waals surface area contributed by atoms with Crippen molar-refractivity contribution in [3.63, 3.8) is 0 Å². The van der Waals surface area contributed by atoms with E-state index in [1.165, 1.54) is 18.2 Å². The van der Waals surface area contributed by atoms with Gasteiger partial charge in [0.1, 0.15) is 10.7 Å². The average Bonchev–Trinajstić information content (AvgIpc) is 3.32. The first-order chi connectivity index (χ1) is 12.9. The van der Waals surface area contributed by atoms with E-state index in [1.54, 1.807) is 12.1 Å². The van der Waals surface area contributed by atoms with Crippen LogP contribution < -0.4 is 9.47 Å². The Hall–Kier alpha value is -2.98. The smallest absolute Gasteiger partial charge is 0.433 e. The van der Waals surface area contributed by atoms with Crippen LogP contribution in [0.25, 0.3) is 6.08 Å². The van der Waals surface area contributed by atoms with E-state index in [9.17, 15) is 19.7 Å². The van der Waals surface area contributed by atoms with Gasteiger partial charge in [0.15, 0.2) is 11.5 Å². The maximum absolute atomic E-state index is 12.6. The molecule has 0 N–H and O–H groups in total. The lowest BCUT2D eigenvalue weighted by Crippen LogP contribution is -2.27. The molecule has 1 fully saturated rings. The maximum Gasteiger partial charge on any atom is 0.433 e. The monoisotopic (exact) mass is 408 g/mol. The van der Waals surface area contributed by atoms with Gasteiger partial charge in [-0.05, 0) is 29.5 Å². The second kappa shape index (κ2) is 6.63. The second-order valence-corrected chi connectivity index (χ2v) is 6.90. The lowest BCUT2D eigenvalue weighted by molar-refractivity contribution is -0.402. The van der Waals surface area contributed by atoms with Crippen LogP contribution in [0.5, 0.6) is 11.5 Å². The molecule has 9 nitrogen and oxygen atoms in total. The molecule has 2 aliphatic rings. The number of nitro groups is 1. The van der Waals surface area contributed by atoms with Gasteiger partial charge in [0.2, 0.25) is 6.79 Å². The number of carbonyl (C=O) groups is 2. The van der Waals surface area contributed by atoms with E-state index in [0.717, 1.165) is 4.90 Å². The van der Waals surface area contributed by atoms with Gasteiger partial charge in [-0.25, -0.2) is 0 Å². The summed E-state index contributed by atoms with van der Waals surface area (Å²) >= 11 is 6.91. The molecule has 0 saturated carbocycles. The van der Waals surface area contributed by atoms with Gasteiger partial charge < -0.3 is 13.9 Å². The van der Waals surface area contributed by atoms with Crippen LogP contribution in [-0.2, 0) is 11.3 Å². The van der Waals surface area contributed by atoms with Crippen LogP contribution in [0.3, 0.4) is 0 Å². The Morgan fingerprint density at radius 2 is 2.00 bits per heavy atom. The van der Waals surface area contributed by atoms with E-state index in [4.69, 9.17) is 25.5 Å². The fourth-order valence-electron chi connectivity index (χ4n) is 2.53. The first kappa shape index (κ1) is 17.4. The van der Waals surface area contributed by atoms with Crippen molar-refractivity contribution in [3.8, 4) is 11.5 Å². The van der Waals surface area contributed by atoms with E-state index >= 15 is 0 Å². The molecule has 2 aliphatic heterocycles. The molecule has 4 rings (SSSR count). The van der Waals surface area contributed by atoms with Crippen molar-refractivity contribution >= 4 is 46.5 Å². The minimum absolute atomic E-state index is 0.0459. The molecule has 2 amide bonds. The van der Waals surface area contributed by atoms with Crippen LogP contribution in [0.1, 0.15) is 11.3 Å². The summed E-state index contributed by atoms with van der Waals surface area (Å²) in [6, 6.07) is 5.70. The third-order valence-corrected chi connectivity index (χ3v) is 5.07. The fourth-order valence-corrected chi connectivity index (χ4v) is 3.57. The normalized spacial score (nSPS) is 17.2. The first-order valence-corrected chi connectivity index (χ1v) is 8.69. The number of hydrogen-bond acceptors (Lipinski definition) is 8. The van der Waals surface area contributed by atoms with Crippen molar-refractivity contribution in [1.29, 1.82) is 0 Å². The van der Waals surface area contributed by atoms with Gasteiger partial charge in [-0.15, -0.1) is 0 Å². The molecule has 0 spiro atoms.